The van der Waals surface area contributed by atoms with Crippen LogP contribution in [0.5, 0.6) is 5.75 Å². The highest BCUT2D eigenvalue weighted by molar-refractivity contribution is 5.93. The van der Waals surface area contributed by atoms with Crippen molar-refractivity contribution in [1.82, 2.24) is 0 Å². The summed E-state index contributed by atoms with van der Waals surface area (Å²) in [5, 5.41) is 12.2. The van der Waals surface area contributed by atoms with Crippen molar-refractivity contribution in [1.29, 1.82) is 0 Å². The Morgan fingerprint density at radius 2 is 2.06 bits per heavy atom. The van der Waals surface area contributed by atoms with Crippen LogP contribution in [0.4, 0.5) is 5.69 Å². The molecule has 0 aliphatic heterocycles. The molecule has 18 heavy (non-hydrogen) atoms. The SMILES string of the molecule is CCOCCOCC(=O)Nc1ccc(C)cc1O. The fourth-order valence-electron chi connectivity index (χ4n) is 1.36. The molecule has 0 radical (unpaired) electrons. The number of hydrogen-bond donors (Lipinski definition) is 2. The van der Waals surface area contributed by atoms with Crippen molar-refractivity contribution in [3.05, 3.63) is 23.8 Å². The third-order valence-corrected chi connectivity index (χ3v) is 2.24. The maximum absolute atomic E-state index is 11.5. The number of rotatable bonds is 7. The van der Waals surface area contributed by atoms with Crippen LogP contribution in [0.1, 0.15) is 12.5 Å². The Hall–Kier alpha value is -1.59. The second kappa shape index (κ2) is 7.68. The average Bonchev–Trinajstić information content (AvgIpc) is 2.32. The zero-order valence-electron chi connectivity index (χ0n) is 10.7. The highest BCUT2D eigenvalue weighted by Gasteiger charge is 2.06. The van der Waals surface area contributed by atoms with Crippen molar-refractivity contribution in [3.63, 3.8) is 0 Å². The first-order valence-electron chi connectivity index (χ1n) is 5.88. The fraction of sp³-hybridized carbons (Fsp3) is 0.462. The van der Waals surface area contributed by atoms with Gasteiger partial charge in [0.15, 0.2) is 0 Å². The number of carbonyl (C=O) groups excluding carboxylic acids is 1. The van der Waals surface area contributed by atoms with Gasteiger partial charge in [0.1, 0.15) is 12.4 Å². The Balaban J connectivity index is 2.31. The molecule has 0 heterocycles. The van der Waals surface area contributed by atoms with Crippen molar-refractivity contribution in [2.75, 3.05) is 31.7 Å². The Morgan fingerprint density at radius 1 is 1.33 bits per heavy atom. The van der Waals surface area contributed by atoms with Crippen LogP contribution in [0.25, 0.3) is 0 Å². The van der Waals surface area contributed by atoms with E-state index in [0.717, 1.165) is 5.56 Å². The summed E-state index contributed by atoms with van der Waals surface area (Å²) in [6.45, 7) is 5.18. The van der Waals surface area contributed by atoms with Crippen LogP contribution in [-0.4, -0.2) is 37.4 Å². The van der Waals surface area contributed by atoms with Gasteiger partial charge in [-0.15, -0.1) is 0 Å². The molecule has 0 aliphatic carbocycles. The number of amides is 1. The minimum absolute atomic E-state index is 0.0534. The monoisotopic (exact) mass is 253 g/mol. The number of anilines is 1. The van der Waals surface area contributed by atoms with Crippen LogP contribution in [0.15, 0.2) is 18.2 Å². The van der Waals surface area contributed by atoms with Crippen LogP contribution in [0, 0.1) is 6.92 Å². The van der Waals surface area contributed by atoms with Gasteiger partial charge in [-0.2, -0.15) is 0 Å². The van der Waals surface area contributed by atoms with E-state index in [-0.39, 0.29) is 18.3 Å². The number of benzene rings is 1. The van der Waals surface area contributed by atoms with Crippen LogP contribution in [0.2, 0.25) is 0 Å². The first-order valence-corrected chi connectivity index (χ1v) is 5.88. The largest absolute Gasteiger partial charge is 0.506 e. The second-order valence-corrected chi connectivity index (χ2v) is 3.82. The van der Waals surface area contributed by atoms with E-state index in [1.54, 1.807) is 12.1 Å². The molecule has 0 saturated heterocycles. The van der Waals surface area contributed by atoms with Gasteiger partial charge in [0, 0.05) is 6.61 Å². The normalized spacial score (nSPS) is 10.3. The molecule has 1 aromatic rings. The number of hydrogen-bond acceptors (Lipinski definition) is 4. The van der Waals surface area contributed by atoms with E-state index in [1.807, 2.05) is 19.9 Å². The fourth-order valence-corrected chi connectivity index (χ4v) is 1.36. The van der Waals surface area contributed by atoms with Crippen LogP contribution in [-0.2, 0) is 14.3 Å². The molecule has 0 unspecified atom stereocenters. The zero-order valence-corrected chi connectivity index (χ0v) is 10.7. The minimum Gasteiger partial charge on any atom is -0.506 e. The standard InChI is InChI=1S/C13H19NO4/c1-3-17-6-7-18-9-13(16)14-11-5-4-10(2)8-12(11)15/h4-5,8,15H,3,6-7,9H2,1-2H3,(H,14,16). The molecule has 1 aromatic carbocycles. The average molecular weight is 253 g/mol. The molecule has 0 fully saturated rings. The minimum atomic E-state index is -0.300. The Labute approximate surface area is 107 Å². The van der Waals surface area contributed by atoms with E-state index in [2.05, 4.69) is 5.32 Å². The summed E-state index contributed by atoms with van der Waals surface area (Å²) >= 11 is 0. The van der Waals surface area contributed by atoms with Crippen molar-refractivity contribution >= 4 is 11.6 Å². The van der Waals surface area contributed by atoms with Crippen LogP contribution < -0.4 is 5.32 Å². The molecule has 0 aromatic heterocycles. The molecule has 2 N–H and O–H groups in total. The lowest BCUT2D eigenvalue weighted by atomic mass is 10.2. The van der Waals surface area contributed by atoms with Gasteiger partial charge < -0.3 is 19.9 Å². The quantitative estimate of drug-likeness (QED) is 0.573. The number of phenolic OH excluding ortho intramolecular Hbond substituents is 1. The van der Waals surface area contributed by atoms with Gasteiger partial charge in [-0.3, -0.25) is 4.79 Å². The molecule has 5 nitrogen and oxygen atoms in total. The van der Waals surface area contributed by atoms with E-state index in [4.69, 9.17) is 9.47 Å². The van der Waals surface area contributed by atoms with E-state index in [0.29, 0.717) is 25.5 Å². The van der Waals surface area contributed by atoms with E-state index in [1.165, 1.54) is 0 Å². The Kier molecular flexibility index (Phi) is 6.18. The van der Waals surface area contributed by atoms with Crippen molar-refractivity contribution in [3.8, 4) is 5.75 Å². The lowest BCUT2D eigenvalue weighted by Crippen LogP contribution is -2.19. The lowest BCUT2D eigenvalue weighted by molar-refractivity contribution is -0.121. The van der Waals surface area contributed by atoms with Gasteiger partial charge in [-0.1, -0.05) is 6.07 Å². The molecular weight excluding hydrogens is 234 g/mol. The third kappa shape index (κ3) is 5.16. The summed E-state index contributed by atoms with van der Waals surface area (Å²) in [4.78, 5) is 11.5. The summed E-state index contributed by atoms with van der Waals surface area (Å²) in [7, 11) is 0. The molecular formula is C13H19NO4. The molecule has 0 saturated carbocycles. The number of phenols is 1. The second-order valence-electron chi connectivity index (χ2n) is 3.82. The van der Waals surface area contributed by atoms with Crippen molar-refractivity contribution < 1.29 is 19.4 Å². The number of aromatic hydroxyl groups is 1. The summed E-state index contributed by atoms with van der Waals surface area (Å²) < 4.78 is 10.2. The Morgan fingerprint density at radius 3 is 2.72 bits per heavy atom. The van der Waals surface area contributed by atoms with Gasteiger partial charge in [-0.05, 0) is 31.5 Å². The van der Waals surface area contributed by atoms with Crippen LogP contribution >= 0.6 is 0 Å². The number of ether oxygens (including phenoxy) is 2. The van der Waals surface area contributed by atoms with Gasteiger partial charge >= 0.3 is 0 Å². The first kappa shape index (κ1) is 14.5. The molecule has 1 rings (SSSR count). The highest BCUT2D eigenvalue weighted by Crippen LogP contribution is 2.23. The molecule has 0 spiro atoms. The zero-order chi connectivity index (χ0) is 13.4. The molecule has 100 valence electrons. The van der Waals surface area contributed by atoms with Gasteiger partial charge in [-0.25, -0.2) is 0 Å². The van der Waals surface area contributed by atoms with E-state index >= 15 is 0 Å². The lowest BCUT2D eigenvalue weighted by Gasteiger charge is -2.08. The van der Waals surface area contributed by atoms with Crippen LogP contribution in [0.3, 0.4) is 0 Å². The van der Waals surface area contributed by atoms with Gasteiger partial charge in [0.25, 0.3) is 0 Å². The predicted molar refractivity (Wildman–Crippen MR) is 68.8 cm³/mol. The van der Waals surface area contributed by atoms with Gasteiger partial charge in [0.05, 0.1) is 18.9 Å². The summed E-state index contributed by atoms with van der Waals surface area (Å²) in [5.41, 5.74) is 1.32. The number of nitrogens with one attached hydrogen (secondary N) is 1. The summed E-state index contributed by atoms with van der Waals surface area (Å²) in [6.07, 6.45) is 0. The first-order chi connectivity index (χ1) is 8.63. The number of carbonyl (C=O) groups is 1. The maximum Gasteiger partial charge on any atom is 0.250 e. The molecule has 0 atom stereocenters. The summed E-state index contributed by atoms with van der Waals surface area (Å²) in [6, 6.07) is 5.06. The van der Waals surface area contributed by atoms with Crippen molar-refractivity contribution in [2.24, 2.45) is 0 Å². The van der Waals surface area contributed by atoms with Gasteiger partial charge in [0.2, 0.25) is 5.91 Å². The Bertz CT molecular complexity index is 393. The van der Waals surface area contributed by atoms with Crippen molar-refractivity contribution in [2.45, 2.75) is 13.8 Å². The molecule has 5 heteroatoms. The molecule has 0 bridgehead atoms. The molecule has 0 aliphatic rings. The maximum atomic E-state index is 11.5. The number of aryl methyl sites for hydroxylation is 1. The predicted octanol–water partition coefficient (Wildman–Crippen LogP) is 1.69. The smallest absolute Gasteiger partial charge is 0.250 e. The van der Waals surface area contributed by atoms with E-state index < -0.39 is 0 Å². The summed E-state index contributed by atoms with van der Waals surface area (Å²) in [5.74, 6) is -0.247. The van der Waals surface area contributed by atoms with E-state index in [9.17, 15) is 9.90 Å². The topological polar surface area (TPSA) is 67.8 Å². The third-order valence-electron chi connectivity index (χ3n) is 2.24. The molecule has 1 amide bonds. The highest BCUT2D eigenvalue weighted by atomic mass is 16.5.